The number of hydrogen-bond acceptors (Lipinski definition) is 5. The first-order valence-corrected chi connectivity index (χ1v) is 6.58. The normalized spacial score (nSPS) is 16.3. The summed E-state index contributed by atoms with van der Waals surface area (Å²) in [6, 6.07) is 1.67. The predicted molar refractivity (Wildman–Crippen MR) is 76.7 cm³/mol. The summed E-state index contributed by atoms with van der Waals surface area (Å²) in [5, 5.41) is 1.93. The van der Waals surface area contributed by atoms with Crippen molar-refractivity contribution in [1.29, 1.82) is 0 Å². The molecule has 0 aromatic carbocycles. The summed E-state index contributed by atoms with van der Waals surface area (Å²) in [4.78, 5) is 18.5. The second kappa shape index (κ2) is 7.01. The summed E-state index contributed by atoms with van der Waals surface area (Å²) in [5.74, 6) is 5.47. The molecule has 6 heteroatoms. The van der Waals surface area contributed by atoms with Crippen LogP contribution in [0.15, 0.2) is 18.5 Å². The van der Waals surface area contributed by atoms with E-state index >= 15 is 0 Å². The molecule has 20 heavy (non-hydrogen) atoms. The van der Waals surface area contributed by atoms with E-state index in [9.17, 15) is 4.79 Å². The molecule has 0 bridgehead atoms. The van der Waals surface area contributed by atoms with Crippen molar-refractivity contribution in [3.05, 3.63) is 29.6 Å². The van der Waals surface area contributed by atoms with Gasteiger partial charge in [0.2, 0.25) is 0 Å². The minimum absolute atomic E-state index is 0.154. The Balaban J connectivity index is 2.05. The number of nitrogens with zero attached hydrogens (tertiary/aromatic N) is 3. The second-order valence-corrected chi connectivity index (χ2v) is 4.66. The average molecular weight is 273 g/mol. The Morgan fingerprint density at radius 2 is 2.20 bits per heavy atom. The first-order chi connectivity index (χ1) is 9.70. The fraction of sp³-hybridized carbons (Fsp3) is 0.429. The van der Waals surface area contributed by atoms with Gasteiger partial charge in [-0.3, -0.25) is 15.2 Å². The first kappa shape index (κ1) is 14.5. The lowest BCUT2D eigenvalue weighted by molar-refractivity contribution is 0.0662. The number of likely N-dealkylation sites (N-methyl/N-ethyl adjacent to an activating group) is 1. The van der Waals surface area contributed by atoms with Gasteiger partial charge in [0.1, 0.15) is 0 Å². The maximum absolute atomic E-state index is 12.3. The van der Waals surface area contributed by atoms with E-state index in [2.05, 4.69) is 34.2 Å². The lowest BCUT2D eigenvalue weighted by atomic mass is 10.1. The largest absolute Gasteiger partial charge is 0.320 e. The number of carbonyl (C=O) groups is 1. The molecule has 0 unspecified atom stereocenters. The number of carbonyl (C=O) groups excluding carboxylic acids is 1. The van der Waals surface area contributed by atoms with Crippen molar-refractivity contribution in [1.82, 2.24) is 20.3 Å². The first-order valence-electron chi connectivity index (χ1n) is 6.58. The number of piperazine rings is 1. The summed E-state index contributed by atoms with van der Waals surface area (Å²) in [6.45, 7) is 3.77. The topological polar surface area (TPSA) is 74.5 Å². The zero-order chi connectivity index (χ0) is 14.4. The number of pyridine rings is 1. The summed E-state index contributed by atoms with van der Waals surface area (Å²) in [5.41, 5.74) is 9.40. The molecule has 1 aliphatic rings. The van der Waals surface area contributed by atoms with Crippen molar-refractivity contribution in [2.45, 2.75) is 0 Å². The molecule has 6 nitrogen and oxygen atoms in total. The Bertz CT molecular complexity index is 526. The van der Waals surface area contributed by atoms with Gasteiger partial charge in [0.25, 0.3) is 5.91 Å². The molecule has 0 saturated carbocycles. The number of nitrogens with two attached hydrogens (primary N) is 1. The molecule has 1 aromatic rings. The van der Waals surface area contributed by atoms with Crippen LogP contribution in [-0.2, 0) is 0 Å². The van der Waals surface area contributed by atoms with E-state index in [1.54, 1.807) is 18.5 Å². The summed E-state index contributed by atoms with van der Waals surface area (Å²) >= 11 is 0. The number of hydrazine groups is 1. The van der Waals surface area contributed by atoms with Gasteiger partial charge in [-0.05, 0) is 13.1 Å². The van der Waals surface area contributed by atoms with Crippen LogP contribution in [0.4, 0.5) is 0 Å². The highest BCUT2D eigenvalue weighted by Crippen LogP contribution is 2.06. The Kier molecular flexibility index (Phi) is 5.07. The average Bonchev–Trinajstić information content (AvgIpc) is 2.47. The maximum atomic E-state index is 12.3. The number of aromatic nitrogens is 1. The van der Waals surface area contributed by atoms with Gasteiger partial charge in [-0.2, -0.15) is 0 Å². The number of nitrogens with one attached hydrogen (secondary N) is 1. The SMILES string of the molecule is CN1CCN(NC(=O)c2ccncc2C#CCN)CC1. The lowest BCUT2D eigenvalue weighted by Crippen LogP contribution is -2.52. The van der Waals surface area contributed by atoms with E-state index in [4.69, 9.17) is 5.73 Å². The van der Waals surface area contributed by atoms with Crippen molar-refractivity contribution in [2.24, 2.45) is 5.73 Å². The third kappa shape index (κ3) is 3.78. The Morgan fingerprint density at radius 3 is 2.90 bits per heavy atom. The fourth-order valence-corrected chi connectivity index (χ4v) is 1.96. The molecular formula is C14H19N5O. The molecule has 1 amide bonds. The van der Waals surface area contributed by atoms with E-state index in [0.717, 1.165) is 26.2 Å². The highest BCUT2D eigenvalue weighted by molar-refractivity contribution is 5.96. The highest BCUT2D eigenvalue weighted by atomic mass is 16.2. The van der Waals surface area contributed by atoms with Gasteiger partial charge < -0.3 is 10.6 Å². The second-order valence-electron chi connectivity index (χ2n) is 4.66. The van der Waals surface area contributed by atoms with E-state index in [1.165, 1.54) is 0 Å². The van der Waals surface area contributed by atoms with Crippen LogP contribution in [0.25, 0.3) is 0 Å². The van der Waals surface area contributed by atoms with Crippen LogP contribution in [0.2, 0.25) is 0 Å². The molecule has 1 saturated heterocycles. The molecule has 3 N–H and O–H groups in total. The third-order valence-corrected chi connectivity index (χ3v) is 3.15. The molecular weight excluding hydrogens is 254 g/mol. The van der Waals surface area contributed by atoms with E-state index in [1.807, 2.05) is 5.01 Å². The van der Waals surface area contributed by atoms with Gasteiger partial charge in [-0.15, -0.1) is 0 Å². The fourth-order valence-electron chi connectivity index (χ4n) is 1.96. The smallest absolute Gasteiger partial charge is 0.266 e. The maximum Gasteiger partial charge on any atom is 0.266 e. The summed E-state index contributed by atoms with van der Waals surface area (Å²) < 4.78 is 0. The summed E-state index contributed by atoms with van der Waals surface area (Å²) in [6.07, 6.45) is 3.17. The summed E-state index contributed by atoms with van der Waals surface area (Å²) in [7, 11) is 2.07. The van der Waals surface area contributed by atoms with E-state index in [-0.39, 0.29) is 12.5 Å². The molecule has 0 atom stereocenters. The molecule has 106 valence electrons. The zero-order valence-corrected chi connectivity index (χ0v) is 11.6. The zero-order valence-electron chi connectivity index (χ0n) is 11.6. The van der Waals surface area contributed by atoms with Crippen LogP contribution in [-0.4, -0.2) is 60.6 Å². The lowest BCUT2D eigenvalue weighted by Gasteiger charge is -2.32. The van der Waals surface area contributed by atoms with Crippen LogP contribution in [0.1, 0.15) is 15.9 Å². The molecule has 0 spiro atoms. The predicted octanol–water partition coefficient (Wildman–Crippen LogP) is -0.716. The molecule has 0 aliphatic carbocycles. The van der Waals surface area contributed by atoms with Gasteiger partial charge >= 0.3 is 0 Å². The third-order valence-electron chi connectivity index (χ3n) is 3.15. The quantitative estimate of drug-likeness (QED) is 0.696. The van der Waals surface area contributed by atoms with Crippen molar-refractivity contribution in [3.63, 3.8) is 0 Å². The van der Waals surface area contributed by atoms with E-state index in [0.29, 0.717) is 11.1 Å². The molecule has 1 aromatic heterocycles. The minimum atomic E-state index is -0.154. The number of rotatable bonds is 2. The van der Waals surface area contributed by atoms with Gasteiger partial charge in [-0.25, -0.2) is 5.01 Å². The number of hydrogen-bond donors (Lipinski definition) is 2. The Morgan fingerprint density at radius 1 is 1.45 bits per heavy atom. The van der Waals surface area contributed by atoms with Gasteiger partial charge in [0.05, 0.1) is 17.7 Å². The van der Waals surface area contributed by atoms with Crippen molar-refractivity contribution in [3.8, 4) is 11.8 Å². The Hall–Kier alpha value is -1.94. The molecule has 1 aliphatic heterocycles. The van der Waals surface area contributed by atoms with Crippen LogP contribution in [0.5, 0.6) is 0 Å². The van der Waals surface area contributed by atoms with Gasteiger partial charge in [0.15, 0.2) is 0 Å². The van der Waals surface area contributed by atoms with Crippen LogP contribution < -0.4 is 11.2 Å². The van der Waals surface area contributed by atoms with E-state index < -0.39 is 0 Å². The minimum Gasteiger partial charge on any atom is -0.320 e. The number of amides is 1. The molecule has 0 radical (unpaired) electrons. The van der Waals surface area contributed by atoms with Crippen molar-refractivity contribution >= 4 is 5.91 Å². The van der Waals surface area contributed by atoms with Crippen LogP contribution in [0.3, 0.4) is 0 Å². The van der Waals surface area contributed by atoms with Crippen molar-refractivity contribution < 1.29 is 4.79 Å². The standard InChI is InChI=1S/C14H19N5O/c1-18-7-9-19(10-8-18)17-14(20)13-4-6-16-11-12(13)3-2-5-15/h4,6,11H,5,7-10,15H2,1H3,(H,17,20). The molecule has 1 fully saturated rings. The van der Waals surface area contributed by atoms with Crippen molar-refractivity contribution in [2.75, 3.05) is 39.8 Å². The van der Waals surface area contributed by atoms with Gasteiger partial charge in [0, 0.05) is 38.6 Å². The van der Waals surface area contributed by atoms with Crippen LogP contribution in [0, 0.1) is 11.8 Å². The highest BCUT2D eigenvalue weighted by Gasteiger charge is 2.17. The Labute approximate surface area is 118 Å². The van der Waals surface area contributed by atoms with Crippen LogP contribution >= 0.6 is 0 Å². The van der Waals surface area contributed by atoms with Gasteiger partial charge in [-0.1, -0.05) is 11.8 Å². The molecule has 2 rings (SSSR count). The monoisotopic (exact) mass is 273 g/mol. The molecule has 2 heterocycles.